The smallest absolute Gasteiger partial charge is 0.379 e. The van der Waals surface area contributed by atoms with Gasteiger partial charge in [0.2, 0.25) is 0 Å². The molecule has 3 unspecified atom stereocenters. The summed E-state index contributed by atoms with van der Waals surface area (Å²) in [5.41, 5.74) is 1.51. The van der Waals surface area contributed by atoms with E-state index >= 15 is 0 Å². The highest BCUT2D eigenvalue weighted by molar-refractivity contribution is 14.1. The first-order valence-electron chi connectivity index (χ1n) is 16.3. The molecule has 9 heteroatoms. The van der Waals surface area contributed by atoms with Crippen molar-refractivity contribution in [1.29, 1.82) is 0 Å². The molecule has 0 radical (unpaired) electrons. The molecule has 7 nitrogen and oxygen atoms in total. The number of nitrogens with zero attached hydrogens (tertiary/aromatic N) is 1. The van der Waals surface area contributed by atoms with Crippen LogP contribution in [0.3, 0.4) is 0 Å². The molecule has 1 aromatic rings. The quantitative estimate of drug-likeness (QED) is 0.0402. The van der Waals surface area contributed by atoms with Crippen LogP contribution in [0.15, 0.2) is 24.3 Å². The van der Waals surface area contributed by atoms with Crippen LogP contribution in [-0.4, -0.2) is 76.7 Å². The van der Waals surface area contributed by atoms with Crippen LogP contribution in [0.5, 0.6) is 0 Å². The average molecular weight is 727 g/mol. The second-order valence-corrected chi connectivity index (χ2v) is 15.3. The first kappa shape index (κ1) is 40.0. The molecule has 0 aliphatic carbocycles. The van der Waals surface area contributed by atoms with Crippen molar-refractivity contribution >= 4 is 30.4 Å². The van der Waals surface area contributed by atoms with Crippen LogP contribution in [0.2, 0.25) is 0 Å². The number of ether oxygens (including phenoxy) is 2. The number of unbranched alkanes of at least 4 members (excludes halogenated alkanes) is 11. The predicted octanol–water partition coefficient (Wildman–Crippen LogP) is 9.12. The molecule has 0 aliphatic heterocycles. The zero-order valence-corrected chi connectivity index (χ0v) is 30.4. The number of benzene rings is 1. The van der Waals surface area contributed by atoms with Crippen LogP contribution in [0.1, 0.15) is 115 Å². The fourth-order valence-corrected chi connectivity index (χ4v) is 6.01. The Hall–Kier alpha value is -0.0600. The minimum atomic E-state index is -4.10. The molecule has 0 bridgehead atoms. The van der Waals surface area contributed by atoms with Gasteiger partial charge in [0.15, 0.2) is 0 Å². The van der Waals surface area contributed by atoms with Gasteiger partial charge in [-0.25, -0.2) is 4.57 Å². The first-order valence-corrected chi connectivity index (χ1v) is 18.9. The van der Waals surface area contributed by atoms with Gasteiger partial charge in [0.1, 0.15) is 19.3 Å². The van der Waals surface area contributed by atoms with Crippen molar-refractivity contribution in [3.05, 3.63) is 33.4 Å². The third-order valence-corrected chi connectivity index (χ3v) is 9.37. The lowest BCUT2D eigenvalue weighted by Crippen LogP contribution is -2.37. The molecule has 42 heavy (non-hydrogen) atoms. The minimum Gasteiger partial charge on any atom is -0.379 e. The fraction of sp³-hybridized carbons (Fsp3) is 0.818. The summed E-state index contributed by atoms with van der Waals surface area (Å²) in [5.74, 6) is 0.677. The maximum atomic E-state index is 12.1. The van der Waals surface area contributed by atoms with Gasteiger partial charge in [-0.3, -0.25) is 9.05 Å². The molecular formula is C33H62INO6P+. The van der Waals surface area contributed by atoms with Gasteiger partial charge in [-0.2, -0.15) is 0 Å². The van der Waals surface area contributed by atoms with E-state index in [2.05, 4.69) is 53.8 Å². The number of phosphoric ester groups is 1. The Bertz CT molecular complexity index is 820. The summed E-state index contributed by atoms with van der Waals surface area (Å²) in [7, 11) is 3.43. The molecule has 0 fully saturated rings. The average Bonchev–Trinajstić information content (AvgIpc) is 2.93. The molecule has 0 amide bonds. The molecule has 1 rings (SSSR count). The maximum absolute atomic E-state index is 12.1. The number of rotatable bonds is 28. The number of likely N-dealkylation sites (N-methyl/N-ethyl adjacent to an activating group) is 1. The first-order chi connectivity index (χ1) is 20.1. The van der Waals surface area contributed by atoms with Gasteiger partial charge in [0, 0.05) is 17.3 Å². The van der Waals surface area contributed by atoms with Gasteiger partial charge in [-0.1, -0.05) is 96.1 Å². The van der Waals surface area contributed by atoms with Crippen molar-refractivity contribution in [2.24, 2.45) is 0 Å². The van der Waals surface area contributed by atoms with Crippen LogP contribution in [-0.2, 0) is 23.1 Å². The number of quaternary nitrogens is 1. The highest BCUT2D eigenvalue weighted by Crippen LogP contribution is 2.43. The van der Waals surface area contributed by atoms with Gasteiger partial charge in [-0.05, 0) is 65.5 Å². The summed E-state index contributed by atoms with van der Waals surface area (Å²) < 4.78 is 35.3. The lowest BCUT2D eigenvalue weighted by Gasteiger charge is -2.24. The molecule has 3 atom stereocenters. The van der Waals surface area contributed by atoms with Gasteiger partial charge < -0.3 is 18.9 Å². The van der Waals surface area contributed by atoms with Crippen molar-refractivity contribution < 1.29 is 32.5 Å². The molecule has 0 aliphatic rings. The summed E-state index contributed by atoms with van der Waals surface area (Å²) in [6, 6.07) is 9.18. The zero-order valence-electron chi connectivity index (χ0n) is 27.4. The van der Waals surface area contributed by atoms with E-state index in [4.69, 9.17) is 18.5 Å². The van der Waals surface area contributed by atoms with Gasteiger partial charge >= 0.3 is 7.82 Å². The largest absolute Gasteiger partial charge is 0.472 e. The van der Waals surface area contributed by atoms with Crippen LogP contribution < -0.4 is 0 Å². The highest BCUT2D eigenvalue weighted by Gasteiger charge is 2.24. The van der Waals surface area contributed by atoms with Gasteiger partial charge in [-0.15, -0.1) is 0 Å². The number of methoxy groups -OCH3 is 1. The van der Waals surface area contributed by atoms with Crippen molar-refractivity contribution in [3.63, 3.8) is 0 Å². The molecule has 0 spiro atoms. The molecule has 0 saturated heterocycles. The van der Waals surface area contributed by atoms with Crippen LogP contribution >= 0.6 is 30.4 Å². The van der Waals surface area contributed by atoms with Crippen molar-refractivity contribution in [2.75, 3.05) is 61.2 Å². The Morgan fingerprint density at radius 2 is 1.33 bits per heavy atom. The molecule has 1 aromatic carbocycles. The lowest BCUT2D eigenvalue weighted by molar-refractivity contribution is -0.870. The topological polar surface area (TPSA) is 74.2 Å². The van der Waals surface area contributed by atoms with Crippen LogP contribution in [0.4, 0.5) is 0 Å². The van der Waals surface area contributed by atoms with E-state index in [1.807, 2.05) is 21.1 Å². The Morgan fingerprint density at radius 3 is 1.88 bits per heavy atom. The van der Waals surface area contributed by atoms with Gasteiger partial charge in [0.25, 0.3) is 0 Å². The van der Waals surface area contributed by atoms with Crippen molar-refractivity contribution in [3.8, 4) is 0 Å². The number of phosphoric acid groups is 1. The molecular weight excluding hydrogens is 664 g/mol. The number of hydrogen-bond acceptors (Lipinski definition) is 5. The summed E-state index contributed by atoms with van der Waals surface area (Å²) in [6.07, 6.45) is 19.1. The van der Waals surface area contributed by atoms with E-state index < -0.39 is 13.9 Å². The lowest BCUT2D eigenvalue weighted by atomic mass is 9.88. The van der Waals surface area contributed by atoms with Crippen molar-refractivity contribution in [1.82, 2.24) is 0 Å². The second kappa shape index (κ2) is 24.2. The van der Waals surface area contributed by atoms with E-state index in [0.29, 0.717) is 30.2 Å². The van der Waals surface area contributed by atoms with E-state index in [1.54, 1.807) is 7.11 Å². The standard InChI is InChI=1S/C33H61INO6P/c1-6-7-8-9-10-11-13-16-19-30(31-21-23-32(34)24-22-31)20-17-14-12-15-18-26-39-28-33(38-5)29-41-42(36,37)40-27-25-35(2,3)4/h21-24,30,33H,6-20,25-29H2,1-5H3/p+1. The van der Waals surface area contributed by atoms with Crippen LogP contribution in [0, 0.1) is 3.57 Å². The second-order valence-electron chi connectivity index (χ2n) is 12.6. The fourth-order valence-electron chi connectivity index (χ4n) is 4.91. The maximum Gasteiger partial charge on any atom is 0.472 e. The van der Waals surface area contributed by atoms with E-state index in [1.165, 1.54) is 92.6 Å². The molecule has 0 aromatic heterocycles. The molecule has 246 valence electrons. The predicted molar refractivity (Wildman–Crippen MR) is 183 cm³/mol. The molecule has 0 saturated carbocycles. The highest BCUT2D eigenvalue weighted by atomic mass is 127. The monoisotopic (exact) mass is 726 g/mol. The summed E-state index contributed by atoms with van der Waals surface area (Å²) >= 11 is 2.40. The zero-order chi connectivity index (χ0) is 31.1. The normalized spacial score (nSPS) is 15.0. The third kappa shape index (κ3) is 22.4. The number of hydrogen-bond donors (Lipinski definition) is 1. The SMILES string of the molecule is CCCCCCCCCCC(CCCCCCCOCC(COP(=O)(O)OCC[N+](C)(C)C)OC)c1ccc(I)cc1. The van der Waals surface area contributed by atoms with E-state index in [9.17, 15) is 9.46 Å². The molecule has 1 N–H and O–H groups in total. The number of halogens is 1. The Kier molecular flexibility index (Phi) is 23.0. The Morgan fingerprint density at radius 1 is 0.786 bits per heavy atom. The van der Waals surface area contributed by atoms with E-state index in [-0.39, 0.29) is 13.2 Å². The van der Waals surface area contributed by atoms with Crippen LogP contribution in [0.25, 0.3) is 0 Å². The summed E-state index contributed by atoms with van der Waals surface area (Å²) in [5, 5.41) is 0. The molecule has 0 heterocycles. The summed E-state index contributed by atoms with van der Waals surface area (Å²) in [4.78, 5) is 9.88. The van der Waals surface area contributed by atoms with E-state index in [0.717, 1.165) is 12.8 Å². The Labute approximate surface area is 271 Å². The van der Waals surface area contributed by atoms with Crippen molar-refractivity contribution in [2.45, 2.75) is 115 Å². The van der Waals surface area contributed by atoms with Gasteiger partial charge in [0.05, 0.1) is 34.4 Å². The Balaban J connectivity index is 2.20. The minimum absolute atomic E-state index is 0.0463. The third-order valence-electron chi connectivity index (χ3n) is 7.67. The summed E-state index contributed by atoms with van der Waals surface area (Å²) in [6.45, 7) is 3.97.